The van der Waals surface area contributed by atoms with E-state index in [4.69, 9.17) is 9.47 Å². The molecule has 6 heteroatoms. The van der Waals surface area contributed by atoms with Crippen LogP contribution in [0.3, 0.4) is 0 Å². The molecule has 1 saturated heterocycles. The van der Waals surface area contributed by atoms with Crippen LogP contribution < -0.4 is 0 Å². The van der Waals surface area contributed by atoms with Crippen LogP contribution in [0.4, 0.5) is 17.6 Å². The minimum absolute atomic E-state index is 0.0401. The average molecular weight is 378 g/mol. The van der Waals surface area contributed by atoms with E-state index in [9.17, 15) is 17.6 Å². The fourth-order valence-electron chi connectivity index (χ4n) is 3.92. The van der Waals surface area contributed by atoms with Crippen LogP contribution in [0.5, 0.6) is 0 Å². The van der Waals surface area contributed by atoms with Gasteiger partial charge in [-0.1, -0.05) is 38.8 Å². The number of allylic oxidation sites excluding steroid dienone is 2. The van der Waals surface area contributed by atoms with Gasteiger partial charge in [0.1, 0.15) is 0 Å². The van der Waals surface area contributed by atoms with E-state index in [0.717, 1.165) is 11.8 Å². The van der Waals surface area contributed by atoms with Crippen molar-refractivity contribution in [3.05, 3.63) is 24.1 Å². The van der Waals surface area contributed by atoms with Gasteiger partial charge in [0.05, 0.1) is 19.3 Å². The highest BCUT2D eigenvalue weighted by atomic mass is 19.4. The van der Waals surface area contributed by atoms with Crippen molar-refractivity contribution >= 4 is 0 Å². The lowest BCUT2D eigenvalue weighted by molar-refractivity contribution is -0.182. The fraction of sp³-hybridized carbons (Fsp3) is 0.800. The van der Waals surface area contributed by atoms with E-state index in [-0.39, 0.29) is 19.1 Å². The maximum absolute atomic E-state index is 13.4. The van der Waals surface area contributed by atoms with Crippen LogP contribution in [0, 0.1) is 23.7 Å². The highest BCUT2D eigenvalue weighted by Gasteiger charge is 2.31. The first-order chi connectivity index (χ1) is 12.3. The molecule has 0 aromatic heterocycles. The van der Waals surface area contributed by atoms with Crippen molar-refractivity contribution in [3.8, 4) is 0 Å². The lowest BCUT2D eigenvalue weighted by Gasteiger charge is -2.31. The summed E-state index contributed by atoms with van der Waals surface area (Å²) in [5.74, 6) is 0.688. The summed E-state index contributed by atoms with van der Waals surface area (Å²) < 4.78 is 60.0. The Kier molecular flexibility index (Phi) is 8.14. The number of halogens is 4. The van der Waals surface area contributed by atoms with Gasteiger partial charge in [-0.15, -0.1) is 0 Å². The van der Waals surface area contributed by atoms with Gasteiger partial charge >= 0.3 is 6.18 Å². The maximum Gasteiger partial charge on any atom is 0.412 e. The first-order valence-corrected chi connectivity index (χ1v) is 9.65. The van der Waals surface area contributed by atoms with Crippen molar-refractivity contribution in [2.75, 3.05) is 13.2 Å². The Bertz CT molecular complexity index is 471. The SMILES string of the molecule is CCCC(C)C1CCC(/C=C/C2COC(/C(F)=C/C(F)(F)F)OC2)CC1. The van der Waals surface area contributed by atoms with E-state index < -0.39 is 24.4 Å². The van der Waals surface area contributed by atoms with Crippen molar-refractivity contribution in [3.63, 3.8) is 0 Å². The average Bonchev–Trinajstić information content (AvgIpc) is 2.59. The lowest BCUT2D eigenvalue weighted by atomic mass is 9.75. The molecular formula is C20H30F4O2. The van der Waals surface area contributed by atoms with Crippen LogP contribution in [-0.4, -0.2) is 25.7 Å². The summed E-state index contributed by atoms with van der Waals surface area (Å²) in [5, 5.41) is 0. The second-order valence-corrected chi connectivity index (χ2v) is 7.66. The first-order valence-electron chi connectivity index (χ1n) is 9.65. The molecule has 0 bridgehead atoms. The Labute approximate surface area is 153 Å². The number of rotatable bonds is 6. The Hall–Kier alpha value is -0.880. The summed E-state index contributed by atoms with van der Waals surface area (Å²) in [6.07, 6.45) is 4.92. The van der Waals surface area contributed by atoms with E-state index >= 15 is 0 Å². The molecule has 0 N–H and O–H groups in total. The number of hydrogen-bond acceptors (Lipinski definition) is 2. The van der Waals surface area contributed by atoms with Crippen LogP contribution >= 0.6 is 0 Å². The zero-order valence-corrected chi connectivity index (χ0v) is 15.6. The molecule has 2 nitrogen and oxygen atoms in total. The predicted octanol–water partition coefficient (Wildman–Crippen LogP) is 6.19. The van der Waals surface area contributed by atoms with Gasteiger partial charge in [-0.25, -0.2) is 4.39 Å². The molecule has 0 aromatic rings. The Balaban J connectivity index is 1.72. The number of ether oxygens (including phenoxy) is 2. The van der Waals surface area contributed by atoms with Gasteiger partial charge < -0.3 is 9.47 Å². The monoisotopic (exact) mass is 378 g/mol. The van der Waals surface area contributed by atoms with Crippen LogP contribution in [0.2, 0.25) is 0 Å². The zero-order chi connectivity index (χ0) is 19.2. The molecule has 0 aromatic carbocycles. The molecule has 150 valence electrons. The van der Waals surface area contributed by atoms with E-state index in [2.05, 4.69) is 19.9 Å². The zero-order valence-electron chi connectivity index (χ0n) is 15.6. The smallest absolute Gasteiger partial charge is 0.346 e. The number of hydrogen-bond donors (Lipinski definition) is 0. The maximum atomic E-state index is 13.4. The minimum Gasteiger partial charge on any atom is -0.346 e. The number of alkyl halides is 3. The minimum atomic E-state index is -4.71. The summed E-state index contributed by atoms with van der Waals surface area (Å²) in [7, 11) is 0. The molecule has 1 aliphatic carbocycles. The standard InChI is InChI=1S/C20H30F4O2/c1-3-4-14(2)17-9-7-15(8-10-17)5-6-16-12-25-19(26-13-16)18(21)11-20(22,23)24/h5-6,11,14-17,19H,3-4,7-10,12-13H2,1-2H3/b6-5+,18-11-. The third-order valence-electron chi connectivity index (χ3n) is 5.47. The Morgan fingerprint density at radius 1 is 1.04 bits per heavy atom. The normalized spacial score (nSPS) is 32.8. The van der Waals surface area contributed by atoms with Crippen LogP contribution in [-0.2, 0) is 9.47 Å². The van der Waals surface area contributed by atoms with Gasteiger partial charge in [-0.05, 0) is 43.4 Å². The second-order valence-electron chi connectivity index (χ2n) is 7.66. The predicted molar refractivity (Wildman–Crippen MR) is 93.1 cm³/mol. The molecule has 2 aliphatic rings. The summed E-state index contributed by atoms with van der Waals surface area (Å²) in [6, 6.07) is 0. The Morgan fingerprint density at radius 2 is 1.62 bits per heavy atom. The van der Waals surface area contributed by atoms with E-state index in [1.807, 2.05) is 6.08 Å². The molecule has 2 fully saturated rings. The van der Waals surface area contributed by atoms with Crippen molar-refractivity contribution in [2.45, 2.75) is 64.8 Å². The molecule has 0 spiro atoms. The summed E-state index contributed by atoms with van der Waals surface area (Å²) in [6.45, 7) is 4.92. The van der Waals surface area contributed by atoms with Crippen LogP contribution in [0.1, 0.15) is 52.4 Å². The molecule has 26 heavy (non-hydrogen) atoms. The van der Waals surface area contributed by atoms with Crippen molar-refractivity contribution in [1.82, 2.24) is 0 Å². The van der Waals surface area contributed by atoms with E-state index in [1.165, 1.54) is 38.5 Å². The van der Waals surface area contributed by atoms with E-state index in [1.54, 1.807) is 0 Å². The van der Waals surface area contributed by atoms with E-state index in [0.29, 0.717) is 5.92 Å². The first kappa shape index (κ1) is 21.4. The molecule has 1 unspecified atom stereocenters. The van der Waals surface area contributed by atoms with Crippen molar-refractivity contribution in [2.24, 2.45) is 23.7 Å². The molecule has 2 rings (SSSR count). The van der Waals surface area contributed by atoms with Gasteiger partial charge in [-0.3, -0.25) is 0 Å². The lowest BCUT2D eigenvalue weighted by Crippen LogP contribution is -2.32. The molecule has 1 saturated carbocycles. The van der Waals surface area contributed by atoms with Crippen molar-refractivity contribution < 1.29 is 27.0 Å². The van der Waals surface area contributed by atoms with Gasteiger partial charge in [0.2, 0.25) is 6.29 Å². The summed E-state index contributed by atoms with van der Waals surface area (Å²) in [5.41, 5.74) is 0. The third kappa shape index (κ3) is 7.03. The molecular weight excluding hydrogens is 348 g/mol. The topological polar surface area (TPSA) is 18.5 Å². The largest absolute Gasteiger partial charge is 0.412 e. The van der Waals surface area contributed by atoms with Gasteiger partial charge in [-0.2, -0.15) is 13.2 Å². The summed E-state index contributed by atoms with van der Waals surface area (Å²) >= 11 is 0. The molecule has 0 radical (unpaired) electrons. The highest BCUT2D eigenvalue weighted by Crippen LogP contribution is 2.36. The summed E-state index contributed by atoms with van der Waals surface area (Å²) in [4.78, 5) is 0. The second kappa shape index (κ2) is 9.88. The quantitative estimate of drug-likeness (QED) is 0.405. The fourth-order valence-corrected chi connectivity index (χ4v) is 3.92. The molecule has 0 amide bonds. The molecule has 1 atom stereocenters. The molecule has 1 heterocycles. The Morgan fingerprint density at radius 3 is 2.15 bits per heavy atom. The van der Waals surface area contributed by atoms with Gasteiger partial charge in [0, 0.05) is 5.92 Å². The van der Waals surface area contributed by atoms with Crippen molar-refractivity contribution in [1.29, 1.82) is 0 Å². The molecule has 1 aliphatic heterocycles. The third-order valence-corrected chi connectivity index (χ3v) is 5.47. The van der Waals surface area contributed by atoms with Gasteiger partial charge in [0.25, 0.3) is 0 Å². The van der Waals surface area contributed by atoms with Gasteiger partial charge in [0.15, 0.2) is 5.83 Å². The highest BCUT2D eigenvalue weighted by molar-refractivity contribution is 5.02. The van der Waals surface area contributed by atoms with Crippen LogP contribution in [0.25, 0.3) is 0 Å². The van der Waals surface area contributed by atoms with Crippen LogP contribution in [0.15, 0.2) is 24.1 Å².